The first-order valence-electron chi connectivity index (χ1n) is 4.26. The predicted octanol–water partition coefficient (Wildman–Crippen LogP) is 2.64. The summed E-state index contributed by atoms with van der Waals surface area (Å²) in [6.07, 6.45) is -2.33. The van der Waals surface area contributed by atoms with Crippen LogP contribution in [0.4, 0.5) is 19.0 Å². The van der Waals surface area contributed by atoms with E-state index in [2.05, 4.69) is 4.98 Å². The number of rotatable bonds is 2. The van der Waals surface area contributed by atoms with Crippen LogP contribution in [0.3, 0.4) is 0 Å². The van der Waals surface area contributed by atoms with Gasteiger partial charge in [-0.05, 0) is 18.1 Å². The molecule has 0 saturated carbocycles. The van der Waals surface area contributed by atoms with E-state index in [9.17, 15) is 13.2 Å². The largest absolute Gasteiger partial charge is 0.417 e. The van der Waals surface area contributed by atoms with Gasteiger partial charge in [-0.3, -0.25) is 0 Å². The minimum Gasteiger partial charge on any atom is -0.383 e. The molecule has 0 aliphatic rings. The van der Waals surface area contributed by atoms with E-state index < -0.39 is 11.7 Å². The van der Waals surface area contributed by atoms with Crippen molar-refractivity contribution >= 4 is 5.82 Å². The van der Waals surface area contributed by atoms with Crippen molar-refractivity contribution in [3.8, 4) is 0 Å². The standard InChI is InChI=1S/C9H11F3N2/c1-2-3-6-4-7(9(10,11)12)5-14-8(6)13/h4-5H,2-3H2,1H3,(H2,13,14). The highest BCUT2D eigenvalue weighted by molar-refractivity contribution is 5.41. The van der Waals surface area contributed by atoms with Gasteiger partial charge in [0.2, 0.25) is 0 Å². The van der Waals surface area contributed by atoms with Gasteiger partial charge >= 0.3 is 6.18 Å². The summed E-state index contributed by atoms with van der Waals surface area (Å²) in [6, 6.07) is 1.06. The van der Waals surface area contributed by atoms with Crippen LogP contribution in [0.15, 0.2) is 12.3 Å². The fourth-order valence-electron chi connectivity index (χ4n) is 1.15. The fourth-order valence-corrected chi connectivity index (χ4v) is 1.15. The van der Waals surface area contributed by atoms with Crippen LogP contribution >= 0.6 is 0 Å². The molecule has 0 spiro atoms. The van der Waals surface area contributed by atoms with Crippen LogP contribution in [0, 0.1) is 0 Å². The van der Waals surface area contributed by atoms with Gasteiger partial charge in [0.25, 0.3) is 0 Å². The molecule has 2 N–H and O–H groups in total. The second kappa shape index (κ2) is 3.86. The third-order valence-electron chi connectivity index (χ3n) is 1.85. The molecule has 1 aromatic rings. The van der Waals surface area contributed by atoms with Crippen molar-refractivity contribution in [1.82, 2.24) is 4.98 Å². The average Bonchev–Trinajstić information content (AvgIpc) is 2.07. The first-order chi connectivity index (χ1) is 6.45. The predicted molar refractivity (Wildman–Crippen MR) is 47.6 cm³/mol. The molecule has 0 aromatic carbocycles. The minimum absolute atomic E-state index is 0.180. The number of pyridine rings is 1. The lowest BCUT2D eigenvalue weighted by Gasteiger charge is -2.09. The quantitative estimate of drug-likeness (QED) is 0.804. The maximum Gasteiger partial charge on any atom is 0.417 e. The summed E-state index contributed by atoms with van der Waals surface area (Å²) in [5.74, 6) is 0.180. The number of alkyl halides is 3. The molecule has 0 saturated heterocycles. The maximum atomic E-state index is 12.3. The second-order valence-electron chi connectivity index (χ2n) is 3.02. The van der Waals surface area contributed by atoms with Gasteiger partial charge in [0, 0.05) is 6.20 Å². The molecule has 0 unspecified atom stereocenters. The maximum absolute atomic E-state index is 12.3. The number of nitrogens with two attached hydrogens (primary N) is 1. The van der Waals surface area contributed by atoms with Gasteiger partial charge in [-0.1, -0.05) is 13.3 Å². The Bertz CT molecular complexity index is 320. The van der Waals surface area contributed by atoms with Crippen molar-refractivity contribution in [2.45, 2.75) is 25.9 Å². The summed E-state index contributed by atoms with van der Waals surface area (Å²) in [6.45, 7) is 1.87. The molecule has 0 aliphatic heterocycles. The van der Waals surface area contributed by atoms with Crippen molar-refractivity contribution in [2.75, 3.05) is 5.73 Å². The van der Waals surface area contributed by atoms with Crippen molar-refractivity contribution < 1.29 is 13.2 Å². The van der Waals surface area contributed by atoms with E-state index in [1.54, 1.807) is 0 Å². The van der Waals surface area contributed by atoms with Crippen molar-refractivity contribution in [3.05, 3.63) is 23.4 Å². The summed E-state index contributed by atoms with van der Waals surface area (Å²) < 4.78 is 36.8. The monoisotopic (exact) mass is 204 g/mol. The number of aryl methyl sites for hydroxylation is 1. The Hall–Kier alpha value is -1.26. The van der Waals surface area contributed by atoms with Gasteiger partial charge in [0.15, 0.2) is 0 Å². The first-order valence-corrected chi connectivity index (χ1v) is 4.26. The van der Waals surface area contributed by atoms with E-state index in [4.69, 9.17) is 5.73 Å². The van der Waals surface area contributed by atoms with Crippen LogP contribution in [0.1, 0.15) is 24.5 Å². The molecule has 0 aliphatic carbocycles. The van der Waals surface area contributed by atoms with Gasteiger partial charge in [-0.2, -0.15) is 13.2 Å². The van der Waals surface area contributed by atoms with E-state index >= 15 is 0 Å². The molecule has 2 nitrogen and oxygen atoms in total. The number of nitrogens with zero attached hydrogens (tertiary/aromatic N) is 1. The van der Waals surface area contributed by atoms with Gasteiger partial charge in [-0.25, -0.2) is 4.98 Å². The molecule has 1 heterocycles. The lowest BCUT2D eigenvalue weighted by Crippen LogP contribution is -2.08. The molecule has 1 rings (SSSR count). The summed E-state index contributed by atoms with van der Waals surface area (Å²) in [4.78, 5) is 3.52. The molecule has 1 aromatic heterocycles. The first kappa shape index (κ1) is 10.8. The number of hydrogen-bond donors (Lipinski definition) is 1. The van der Waals surface area contributed by atoms with E-state index in [-0.39, 0.29) is 5.82 Å². The summed E-state index contributed by atoms with van der Waals surface area (Å²) >= 11 is 0. The molecule has 14 heavy (non-hydrogen) atoms. The third kappa shape index (κ3) is 2.37. The Kier molecular flexibility index (Phi) is 2.98. The fraction of sp³-hybridized carbons (Fsp3) is 0.444. The average molecular weight is 204 g/mol. The number of anilines is 1. The van der Waals surface area contributed by atoms with Crippen molar-refractivity contribution in [3.63, 3.8) is 0 Å². The van der Waals surface area contributed by atoms with Crippen LogP contribution in [-0.4, -0.2) is 4.98 Å². The van der Waals surface area contributed by atoms with Crippen LogP contribution < -0.4 is 5.73 Å². The molecule has 0 fully saturated rings. The van der Waals surface area contributed by atoms with Gasteiger partial charge < -0.3 is 5.73 Å². The van der Waals surface area contributed by atoms with Gasteiger partial charge in [-0.15, -0.1) is 0 Å². The molecule has 0 atom stereocenters. The Morgan fingerprint density at radius 2 is 2.07 bits per heavy atom. The van der Waals surface area contributed by atoms with Crippen LogP contribution in [0.5, 0.6) is 0 Å². The Balaban J connectivity index is 3.06. The Morgan fingerprint density at radius 3 is 2.57 bits per heavy atom. The molecule has 0 bridgehead atoms. The Morgan fingerprint density at radius 1 is 1.43 bits per heavy atom. The zero-order chi connectivity index (χ0) is 10.8. The van der Waals surface area contributed by atoms with E-state index in [1.165, 1.54) is 0 Å². The van der Waals surface area contributed by atoms with Gasteiger partial charge in [0.05, 0.1) is 5.56 Å². The smallest absolute Gasteiger partial charge is 0.383 e. The van der Waals surface area contributed by atoms with Crippen LogP contribution in [-0.2, 0) is 12.6 Å². The third-order valence-corrected chi connectivity index (χ3v) is 1.85. The molecular weight excluding hydrogens is 193 g/mol. The van der Waals surface area contributed by atoms with E-state index in [0.29, 0.717) is 12.0 Å². The summed E-state index contributed by atoms with van der Waals surface area (Å²) in [7, 11) is 0. The highest BCUT2D eigenvalue weighted by atomic mass is 19.4. The molecule has 0 radical (unpaired) electrons. The summed E-state index contributed by atoms with van der Waals surface area (Å²) in [5, 5.41) is 0. The number of nitrogen functional groups attached to an aromatic ring is 1. The lowest BCUT2D eigenvalue weighted by atomic mass is 10.1. The van der Waals surface area contributed by atoms with Gasteiger partial charge in [0.1, 0.15) is 5.82 Å². The highest BCUT2D eigenvalue weighted by Gasteiger charge is 2.31. The topological polar surface area (TPSA) is 38.9 Å². The Labute approximate surface area is 79.9 Å². The minimum atomic E-state index is -4.34. The number of halogens is 3. The molecular formula is C9H11F3N2. The molecule has 0 amide bonds. The van der Waals surface area contributed by atoms with Crippen molar-refractivity contribution in [1.29, 1.82) is 0 Å². The van der Waals surface area contributed by atoms with E-state index in [1.807, 2.05) is 6.92 Å². The number of aromatic nitrogens is 1. The number of hydrogen-bond acceptors (Lipinski definition) is 2. The van der Waals surface area contributed by atoms with Crippen molar-refractivity contribution in [2.24, 2.45) is 0 Å². The summed E-state index contributed by atoms with van der Waals surface area (Å²) in [5.41, 5.74) is 5.16. The lowest BCUT2D eigenvalue weighted by molar-refractivity contribution is -0.137. The zero-order valence-corrected chi connectivity index (χ0v) is 7.73. The van der Waals surface area contributed by atoms with E-state index in [0.717, 1.165) is 18.7 Å². The molecule has 78 valence electrons. The normalized spacial score (nSPS) is 11.7. The second-order valence-corrected chi connectivity index (χ2v) is 3.02. The molecule has 5 heteroatoms. The highest BCUT2D eigenvalue weighted by Crippen LogP contribution is 2.30. The van der Waals surface area contributed by atoms with Crippen LogP contribution in [0.2, 0.25) is 0 Å². The zero-order valence-electron chi connectivity index (χ0n) is 7.73. The van der Waals surface area contributed by atoms with Crippen LogP contribution in [0.25, 0.3) is 0 Å². The SMILES string of the molecule is CCCc1cc(C(F)(F)F)cnc1N.